The van der Waals surface area contributed by atoms with Crippen molar-refractivity contribution in [3.8, 4) is 5.69 Å². The lowest BCUT2D eigenvalue weighted by atomic mass is 10.1. The molecule has 1 aromatic heterocycles. The van der Waals surface area contributed by atoms with Crippen LogP contribution < -0.4 is 10.6 Å². The van der Waals surface area contributed by atoms with Gasteiger partial charge in [-0.15, -0.1) is 12.4 Å². The highest BCUT2D eigenvalue weighted by Gasteiger charge is 2.27. The predicted octanol–water partition coefficient (Wildman–Crippen LogP) is 1.25. The second-order valence-electron chi connectivity index (χ2n) is 6.04. The average Bonchev–Trinajstić information content (AvgIpc) is 3.10. The van der Waals surface area contributed by atoms with Gasteiger partial charge in [0.15, 0.2) is 0 Å². The van der Waals surface area contributed by atoms with Crippen molar-refractivity contribution < 1.29 is 9.90 Å². The molecule has 1 saturated heterocycles. The van der Waals surface area contributed by atoms with E-state index in [0.29, 0.717) is 19.5 Å². The maximum absolute atomic E-state index is 12.2. The number of aliphatic hydroxyl groups excluding tert-OH is 1. The minimum atomic E-state index is -0.437. The average molecular weight is 351 g/mol. The molecule has 0 saturated carbocycles. The third-order valence-electron chi connectivity index (χ3n) is 4.11. The van der Waals surface area contributed by atoms with E-state index < -0.39 is 6.10 Å². The number of halogens is 1. The standard InChI is InChI=1S/C17H22N4O2.ClH/c1-11-7-12(2)21(20-11)16-6-4-3-5-13(16)9-19-17(23)15-8-14(22)10-18-15;/h3-7,14-15,18,22H,8-10H2,1-2H3,(H,19,23);1H. The Morgan fingerprint density at radius 1 is 1.42 bits per heavy atom. The van der Waals surface area contributed by atoms with Crippen molar-refractivity contribution in [2.24, 2.45) is 0 Å². The summed E-state index contributed by atoms with van der Waals surface area (Å²) >= 11 is 0. The number of benzene rings is 1. The molecule has 2 atom stereocenters. The topological polar surface area (TPSA) is 79.2 Å². The van der Waals surface area contributed by atoms with E-state index in [2.05, 4.69) is 15.7 Å². The van der Waals surface area contributed by atoms with E-state index in [1.165, 1.54) is 0 Å². The van der Waals surface area contributed by atoms with Crippen LogP contribution in [0.3, 0.4) is 0 Å². The van der Waals surface area contributed by atoms with E-state index in [1.807, 2.05) is 48.9 Å². The second kappa shape index (κ2) is 7.79. The van der Waals surface area contributed by atoms with Gasteiger partial charge < -0.3 is 15.7 Å². The zero-order valence-corrected chi connectivity index (χ0v) is 14.6. The molecular weight excluding hydrogens is 328 g/mol. The molecule has 24 heavy (non-hydrogen) atoms. The Labute approximate surface area is 147 Å². The minimum absolute atomic E-state index is 0. The zero-order chi connectivity index (χ0) is 16.4. The first-order valence-corrected chi connectivity index (χ1v) is 7.85. The Morgan fingerprint density at radius 2 is 2.17 bits per heavy atom. The summed E-state index contributed by atoms with van der Waals surface area (Å²) in [7, 11) is 0. The summed E-state index contributed by atoms with van der Waals surface area (Å²) in [5.41, 5.74) is 4.00. The van der Waals surface area contributed by atoms with Gasteiger partial charge >= 0.3 is 0 Å². The van der Waals surface area contributed by atoms with Gasteiger partial charge in [0.1, 0.15) is 0 Å². The number of hydrogen-bond acceptors (Lipinski definition) is 4. The van der Waals surface area contributed by atoms with E-state index in [9.17, 15) is 9.90 Å². The highest BCUT2D eigenvalue weighted by molar-refractivity contribution is 5.85. The molecule has 1 aliphatic rings. The van der Waals surface area contributed by atoms with E-state index in [1.54, 1.807) is 0 Å². The molecule has 0 aliphatic carbocycles. The molecule has 2 heterocycles. The van der Waals surface area contributed by atoms with Gasteiger partial charge in [-0.1, -0.05) is 18.2 Å². The maximum atomic E-state index is 12.2. The highest BCUT2D eigenvalue weighted by atomic mass is 35.5. The van der Waals surface area contributed by atoms with Crippen LogP contribution in [0.5, 0.6) is 0 Å². The van der Waals surface area contributed by atoms with Gasteiger partial charge in [-0.25, -0.2) is 4.68 Å². The Kier molecular flexibility index (Phi) is 5.99. The highest BCUT2D eigenvalue weighted by Crippen LogP contribution is 2.17. The molecule has 2 aromatic rings. The second-order valence-corrected chi connectivity index (χ2v) is 6.04. The number of nitrogens with one attached hydrogen (secondary N) is 2. The fourth-order valence-electron chi connectivity index (χ4n) is 2.96. The Hall–Kier alpha value is -1.89. The van der Waals surface area contributed by atoms with Crippen LogP contribution >= 0.6 is 12.4 Å². The number of amides is 1. The van der Waals surface area contributed by atoms with E-state index in [0.717, 1.165) is 22.6 Å². The first-order chi connectivity index (χ1) is 11.0. The van der Waals surface area contributed by atoms with Crippen LogP contribution in [0.1, 0.15) is 23.4 Å². The molecule has 130 valence electrons. The van der Waals surface area contributed by atoms with Crippen LogP contribution in [0.15, 0.2) is 30.3 Å². The maximum Gasteiger partial charge on any atom is 0.237 e. The quantitative estimate of drug-likeness (QED) is 0.775. The van der Waals surface area contributed by atoms with Crippen LogP contribution in [-0.2, 0) is 11.3 Å². The summed E-state index contributed by atoms with van der Waals surface area (Å²) in [6, 6.07) is 9.62. The number of carbonyl (C=O) groups excluding carboxylic acids is 1. The predicted molar refractivity (Wildman–Crippen MR) is 94.5 cm³/mol. The molecule has 2 unspecified atom stereocenters. The summed E-state index contributed by atoms with van der Waals surface area (Å²) in [6.45, 7) is 4.88. The van der Waals surface area contributed by atoms with Crippen molar-refractivity contribution in [2.45, 2.75) is 39.0 Å². The van der Waals surface area contributed by atoms with Crippen LogP contribution in [-0.4, -0.2) is 39.5 Å². The third kappa shape index (κ3) is 3.95. The van der Waals surface area contributed by atoms with E-state index in [-0.39, 0.29) is 24.4 Å². The van der Waals surface area contributed by atoms with Gasteiger partial charge in [0.2, 0.25) is 5.91 Å². The monoisotopic (exact) mass is 350 g/mol. The summed E-state index contributed by atoms with van der Waals surface area (Å²) < 4.78 is 1.90. The number of aromatic nitrogens is 2. The lowest BCUT2D eigenvalue weighted by Gasteiger charge is -2.14. The van der Waals surface area contributed by atoms with Crippen LogP contribution in [0.25, 0.3) is 5.69 Å². The number of carbonyl (C=O) groups is 1. The zero-order valence-electron chi connectivity index (χ0n) is 13.8. The van der Waals surface area contributed by atoms with Gasteiger partial charge in [-0.2, -0.15) is 5.10 Å². The summed E-state index contributed by atoms with van der Waals surface area (Å²) in [5, 5.41) is 20.0. The van der Waals surface area contributed by atoms with Crippen molar-refractivity contribution in [3.05, 3.63) is 47.3 Å². The van der Waals surface area contributed by atoms with E-state index in [4.69, 9.17) is 0 Å². The van der Waals surface area contributed by atoms with Gasteiger partial charge in [-0.3, -0.25) is 4.79 Å². The largest absolute Gasteiger partial charge is 0.392 e. The van der Waals surface area contributed by atoms with Crippen LogP contribution in [0.2, 0.25) is 0 Å². The molecule has 3 rings (SSSR count). The fourth-order valence-corrected chi connectivity index (χ4v) is 2.96. The van der Waals surface area contributed by atoms with Crippen molar-refractivity contribution >= 4 is 18.3 Å². The molecule has 1 aromatic carbocycles. The molecule has 3 N–H and O–H groups in total. The first-order valence-electron chi connectivity index (χ1n) is 7.85. The normalized spacial score (nSPS) is 19.8. The number of aliphatic hydroxyl groups is 1. The minimum Gasteiger partial charge on any atom is -0.392 e. The van der Waals surface area contributed by atoms with Crippen molar-refractivity contribution in [1.29, 1.82) is 0 Å². The smallest absolute Gasteiger partial charge is 0.237 e. The molecule has 0 bridgehead atoms. The molecule has 1 amide bonds. The summed E-state index contributed by atoms with van der Waals surface area (Å²) in [6.07, 6.45) is 0.0260. The number of β-amino-alcohol motifs (C(OH)–C–C–N with tert-alkyl or cyclic N) is 1. The third-order valence-corrected chi connectivity index (χ3v) is 4.11. The first kappa shape index (κ1) is 18.4. The van der Waals surface area contributed by atoms with E-state index >= 15 is 0 Å². The molecular formula is C17H23ClN4O2. The van der Waals surface area contributed by atoms with Crippen molar-refractivity contribution in [3.63, 3.8) is 0 Å². The van der Waals surface area contributed by atoms with Crippen molar-refractivity contribution in [2.75, 3.05) is 6.54 Å². The van der Waals surface area contributed by atoms with Gasteiger partial charge in [0.05, 0.1) is 23.5 Å². The Bertz CT molecular complexity index is 716. The molecule has 1 aliphatic heterocycles. The number of para-hydroxylation sites is 1. The van der Waals surface area contributed by atoms with Crippen molar-refractivity contribution in [1.82, 2.24) is 20.4 Å². The number of hydrogen-bond donors (Lipinski definition) is 3. The lowest BCUT2D eigenvalue weighted by molar-refractivity contribution is -0.123. The summed E-state index contributed by atoms with van der Waals surface area (Å²) in [4.78, 5) is 12.2. The van der Waals surface area contributed by atoms with Gasteiger partial charge in [0, 0.05) is 18.8 Å². The Balaban J connectivity index is 0.00000208. The molecule has 1 fully saturated rings. The SMILES string of the molecule is Cc1cc(C)n(-c2ccccc2CNC(=O)C2CC(O)CN2)n1.Cl. The van der Waals surface area contributed by atoms with Crippen LogP contribution in [0.4, 0.5) is 0 Å². The lowest BCUT2D eigenvalue weighted by Crippen LogP contribution is -2.40. The van der Waals surface area contributed by atoms with Gasteiger partial charge in [-0.05, 0) is 38.0 Å². The molecule has 0 radical (unpaired) electrons. The Morgan fingerprint density at radius 3 is 2.79 bits per heavy atom. The fraction of sp³-hybridized carbons (Fsp3) is 0.412. The summed E-state index contributed by atoms with van der Waals surface area (Å²) in [5.74, 6) is -0.0790. The molecule has 0 spiro atoms. The van der Waals surface area contributed by atoms with Gasteiger partial charge in [0.25, 0.3) is 0 Å². The van der Waals surface area contributed by atoms with Crippen LogP contribution in [0, 0.1) is 13.8 Å². The molecule has 6 nitrogen and oxygen atoms in total. The number of aryl methyl sites for hydroxylation is 2. The molecule has 7 heteroatoms. The number of nitrogens with zero attached hydrogens (tertiary/aromatic N) is 2. The number of rotatable bonds is 4.